The lowest BCUT2D eigenvalue weighted by Gasteiger charge is -2.33. The highest BCUT2D eigenvalue weighted by atomic mass is 16.5. The lowest BCUT2D eigenvalue weighted by Crippen LogP contribution is -2.45. The van der Waals surface area contributed by atoms with E-state index in [0.29, 0.717) is 18.4 Å². The number of piperidine rings is 1. The fourth-order valence-electron chi connectivity index (χ4n) is 3.59. The molecule has 0 amide bonds. The molecule has 1 fully saturated rings. The van der Waals surface area contributed by atoms with E-state index in [1.165, 1.54) is 0 Å². The molecular weight excluding hydrogens is 330 g/mol. The summed E-state index contributed by atoms with van der Waals surface area (Å²) in [5.41, 5.74) is 1.05. The molecule has 1 saturated heterocycles. The summed E-state index contributed by atoms with van der Waals surface area (Å²) in [6.45, 7) is 6.86. The Morgan fingerprint density at radius 3 is 2.77 bits per heavy atom. The molecule has 142 valence electrons. The van der Waals surface area contributed by atoms with Crippen LogP contribution >= 0.6 is 0 Å². The number of rotatable bonds is 6. The zero-order chi connectivity index (χ0) is 18.4. The molecule has 0 atom stereocenters. The molecule has 1 aliphatic heterocycles. The molecule has 0 aromatic carbocycles. The van der Waals surface area contributed by atoms with Gasteiger partial charge in [0.1, 0.15) is 12.2 Å². The summed E-state index contributed by atoms with van der Waals surface area (Å²) < 4.78 is 5.49. The first-order valence-electron chi connectivity index (χ1n) is 9.51. The Morgan fingerprint density at radius 2 is 2.15 bits per heavy atom. The van der Waals surface area contributed by atoms with Crippen molar-refractivity contribution < 1.29 is 4.52 Å². The summed E-state index contributed by atoms with van der Waals surface area (Å²) in [5.74, 6) is 3.67. The second kappa shape index (κ2) is 8.82. The van der Waals surface area contributed by atoms with Crippen molar-refractivity contribution in [1.29, 1.82) is 0 Å². The van der Waals surface area contributed by atoms with Gasteiger partial charge in [0.2, 0.25) is 0 Å². The molecule has 0 saturated carbocycles. The lowest BCUT2D eigenvalue weighted by atomic mass is 9.96. The van der Waals surface area contributed by atoms with Crippen molar-refractivity contribution in [2.24, 2.45) is 4.99 Å². The summed E-state index contributed by atoms with van der Waals surface area (Å²) in [7, 11) is 1.82. The maximum absolute atomic E-state index is 5.49. The molecule has 2 N–H and O–H groups in total. The van der Waals surface area contributed by atoms with Gasteiger partial charge in [0.25, 0.3) is 0 Å². The van der Waals surface area contributed by atoms with Gasteiger partial charge in [0, 0.05) is 38.0 Å². The van der Waals surface area contributed by atoms with E-state index in [4.69, 9.17) is 4.52 Å². The summed E-state index contributed by atoms with van der Waals surface area (Å²) >= 11 is 0. The van der Waals surface area contributed by atoms with Gasteiger partial charge in [-0.2, -0.15) is 5.10 Å². The quantitative estimate of drug-likeness (QED) is 0.608. The van der Waals surface area contributed by atoms with Gasteiger partial charge in [-0.25, -0.2) is 4.98 Å². The van der Waals surface area contributed by atoms with Crippen LogP contribution in [-0.2, 0) is 6.54 Å². The maximum atomic E-state index is 5.49. The van der Waals surface area contributed by atoms with Crippen LogP contribution in [0, 0.1) is 0 Å². The number of nitrogens with zero attached hydrogens (tertiary/aromatic N) is 5. The van der Waals surface area contributed by atoms with E-state index < -0.39 is 0 Å². The third-order valence-corrected chi connectivity index (χ3v) is 5.23. The van der Waals surface area contributed by atoms with Gasteiger partial charge in [-0.1, -0.05) is 19.0 Å². The second-order valence-corrected chi connectivity index (χ2v) is 6.76. The molecule has 0 bridgehead atoms. The summed E-state index contributed by atoms with van der Waals surface area (Å²) in [5, 5.41) is 14.6. The van der Waals surface area contributed by atoms with E-state index in [1.807, 2.05) is 7.05 Å². The smallest absolute Gasteiger partial charge is 0.194 e. The molecule has 0 unspecified atom stereocenters. The van der Waals surface area contributed by atoms with Crippen molar-refractivity contribution in [3.63, 3.8) is 0 Å². The van der Waals surface area contributed by atoms with E-state index in [1.54, 1.807) is 6.33 Å². The van der Waals surface area contributed by atoms with Crippen LogP contribution < -0.4 is 5.32 Å². The number of hydrogen-bond acceptors (Lipinski definition) is 5. The number of hydrogen-bond donors (Lipinski definition) is 2. The van der Waals surface area contributed by atoms with Crippen LogP contribution in [0.25, 0.3) is 0 Å². The van der Waals surface area contributed by atoms with Crippen molar-refractivity contribution in [2.75, 3.05) is 20.1 Å². The van der Waals surface area contributed by atoms with Gasteiger partial charge in [-0.15, -0.1) is 0 Å². The molecule has 8 nitrogen and oxygen atoms in total. The minimum absolute atomic E-state index is 0.448. The van der Waals surface area contributed by atoms with Gasteiger partial charge in [0.05, 0.1) is 12.2 Å². The third-order valence-electron chi connectivity index (χ3n) is 5.23. The van der Waals surface area contributed by atoms with Gasteiger partial charge in [-0.3, -0.25) is 10.1 Å². The van der Waals surface area contributed by atoms with E-state index >= 15 is 0 Å². The predicted octanol–water partition coefficient (Wildman–Crippen LogP) is 2.65. The Labute approximate surface area is 154 Å². The van der Waals surface area contributed by atoms with Crippen LogP contribution in [0.1, 0.15) is 68.6 Å². The standard InChI is InChI=1S/C18H29N7O/c1-4-13(5-2)16-10-15(26-24-16)11-20-18(19-3)25-8-6-14(7-9-25)17-21-12-22-23-17/h10,12-14H,4-9,11H2,1-3H3,(H,19,20)(H,21,22,23). The number of nitrogens with one attached hydrogen (secondary N) is 2. The molecule has 3 heterocycles. The van der Waals surface area contributed by atoms with Gasteiger partial charge < -0.3 is 14.7 Å². The topological polar surface area (TPSA) is 95.2 Å². The minimum Gasteiger partial charge on any atom is -0.359 e. The normalized spacial score (nSPS) is 16.5. The zero-order valence-corrected chi connectivity index (χ0v) is 15.9. The number of likely N-dealkylation sites (tertiary alicyclic amines) is 1. The second-order valence-electron chi connectivity index (χ2n) is 6.76. The molecular formula is C18H29N7O. The monoisotopic (exact) mass is 359 g/mol. The van der Waals surface area contributed by atoms with Crippen molar-refractivity contribution >= 4 is 5.96 Å². The van der Waals surface area contributed by atoms with Crippen molar-refractivity contribution in [1.82, 2.24) is 30.6 Å². The number of aromatic amines is 1. The Morgan fingerprint density at radius 1 is 1.38 bits per heavy atom. The molecule has 26 heavy (non-hydrogen) atoms. The molecule has 0 spiro atoms. The Hall–Kier alpha value is -2.38. The Balaban J connectivity index is 1.51. The number of aliphatic imine (C=N–C) groups is 1. The summed E-state index contributed by atoms with van der Waals surface area (Å²) in [6.07, 6.45) is 5.82. The molecule has 2 aromatic heterocycles. The first kappa shape index (κ1) is 18.4. The zero-order valence-electron chi connectivity index (χ0n) is 15.9. The third kappa shape index (κ3) is 4.23. The highest BCUT2D eigenvalue weighted by Crippen LogP contribution is 2.25. The van der Waals surface area contributed by atoms with Crippen LogP contribution in [0.4, 0.5) is 0 Å². The molecule has 8 heteroatoms. The van der Waals surface area contributed by atoms with Crippen LogP contribution in [0.3, 0.4) is 0 Å². The van der Waals surface area contributed by atoms with Crippen LogP contribution in [0.2, 0.25) is 0 Å². The highest BCUT2D eigenvalue weighted by molar-refractivity contribution is 5.79. The molecule has 3 rings (SSSR count). The van der Waals surface area contributed by atoms with E-state index in [2.05, 4.69) is 55.5 Å². The Bertz CT molecular complexity index is 682. The van der Waals surface area contributed by atoms with Gasteiger partial charge >= 0.3 is 0 Å². The van der Waals surface area contributed by atoms with E-state index in [9.17, 15) is 0 Å². The number of guanidine groups is 1. The van der Waals surface area contributed by atoms with Crippen LogP contribution in [0.5, 0.6) is 0 Å². The van der Waals surface area contributed by atoms with Crippen molar-refractivity contribution in [3.8, 4) is 0 Å². The minimum atomic E-state index is 0.448. The van der Waals surface area contributed by atoms with Gasteiger partial charge in [0.15, 0.2) is 11.7 Å². The first-order valence-corrected chi connectivity index (χ1v) is 9.51. The average Bonchev–Trinajstić information content (AvgIpc) is 3.36. The van der Waals surface area contributed by atoms with Crippen molar-refractivity contribution in [3.05, 3.63) is 29.7 Å². The highest BCUT2D eigenvalue weighted by Gasteiger charge is 2.24. The summed E-state index contributed by atoms with van der Waals surface area (Å²) in [6, 6.07) is 2.06. The number of aromatic nitrogens is 4. The first-order chi connectivity index (χ1) is 12.7. The van der Waals surface area contributed by atoms with Crippen LogP contribution in [-0.4, -0.2) is 51.3 Å². The average molecular weight is 359 g/mol. The van der Waals surface area contributed by atoms with E-state index in [0.717, 1.165) is 62.0 Å². The molecule has 0 aliphatic carbocycles. The fraction of sp³-hybridized carbons (Fsp3) is 0.667. The Kier molecular flexibility index (Phi) is 6.25. The molecule has 0 radical (unpaired) electrons. The largest absolute Gasteiger partial charge is 0.359 e. The van der Waals surface area contributed by atoms with E-state index in [-0.39, 0.29) is 0 Å². The van der Waals surface area contributed by atoms with Gasteiger partial charge in [-0.05, 0) is 25.7 Å². The summed E-state index contributed by atoms with van der Waals surface area (Å²) in [4.78, 5) is 11.0. The molecule has 1 aliphatic rings. The SMILES string of the molecule is CCC(CC)c1cc(CNC(=NC)N2CCC(c3ncn[nH]3)CC2)on1. The van der Waals surface area contributed by atoms with Crippen molar-refractivity contribution in [2.45, 2.75) is 57.9 Å². The number of H-pyrrole nitrogens is 1. The van der Waals surface area contributed by atoms with Crippen LogP contribution in [0.15, 0.2) is 21.9 Å². The molecule has 2 aromatic rings. The lowest BCUT2D eigenvalue weighted by molar-refractivity contribution is 0.296. The maximum Gasteiger partial charge on any atom is 0.194 e. The fourth-order valence-corrected chi connectivity index (χ4v) is 3.59. The predicted molar refractivity (Wildman–Crippen MR) is 100.0 cm³/mol.